The fourth-order valence-electron chi connectivity index (χ4n) is 1.63. The van der Waals surface area contributed by atoms with Crippen molar-refractivity contribution in [3.63, 3.8) is 0 Å². The van der Waals surface area contributed by atoms with Crippen molar-refractivity contribution in [3.05, 3.63) is 28.2 Å². The Bertz CT molecular complexity index is 406. The molecule has 1 fully saturated rings. The first kappa shape index (κ1) is 10.5. The zero-order valence-corrected chi connectivity index (χ0v) is 9.37. The Kier molecular flexibility index (Phi) is 2.73. The van der Waals surface area contributed by atoms with Crippen LogP contribution in [0.25, 0.3) is 0 Å². The molecule has 1 heterocycles. The van der Waals surface area contributed by atoms with E-state index in [4.69, 9.17) is 5.11 Å². The van der Waals surface area contributed by atoms with Gasteiger partial charge in [-0.3, -0.25) is 9.78 Å². The summed E-state index contributed by atoms with van der Waals surface area (Å²) >= 11 is 3.15. The van der Waals surface area contributed by atoms with Crippen molar-refractivity contribution in [2.45, 2.75) is 18.8 Å². The second-order valence-electron chi connectivity index (χ2n) is 3.67. The average molecular weight is 274 g/mol. The van der Waals surface area contributed by atoms with Gasteiger partial charge in [-0.05, 0) is 40.8 Å². The predicted molar refractivity (Wildman–Crippen MR) is 55.0 cm³/mol. The molecule has 0 radical (unpaired) electrons. The van der Waals surface area contributed by atoms with E-state index < -0.39 is 17.7 Å². The van der Waals surface area contributed by atoms with Crippen molar-refractivity contribution in [2.75, 3.05) is 0 Å². The molecule has 1 aromatic heterocycles. The van der Waals surface area contributed by atoms with Crippen molar-refractivity contribution in [3.8, 4) is 0 Å². The first-order chi connectivity index (χ1) is 7.09. The molecule has 1 saturated carbocycles. The van der Waals surface area contributed by atoms with Gasteiger partial charge < -0.3 is 5.11 Å². The molecule has 3 nitrogen and oxygen atoms in total. The van der Waals surface area contributed by atoms with Crippen LogP contribution in [0.5, 0.6) is 0 Å². The van der Waals surface area contributed by atoms with Gasteiger partial charge in [0.25, 0.3) is 0 Å². The molecule has 0 bridgehead atoms. The van der Waals surface area contributed by atoms with Crippen LogP contribution in [0.2, 0.25) is 0 Å². The van der Waals surface area contributed by atoms with Gasteiger partial charge in [0, 0.05) is 4.47 Å². The van der Waals surface area contributed by atoms with Gasteiger partial charge >= 0.3 is 5.97 Å². The number of carboxylic acids is 1. The Morgan fingerprint density at radius 2 is 2.33 bits per heavy atom. The summed E-state index contributed by atoms with van der Waals surface area (Å²) in [6.45, 7) is 0. The molecular formula is C10H9BrFNO2. The molecule has 0 saturated heterocycles. The molecule has 0 spiro atoms. The van der Waals surface area contributed by atoms with E-state index in [-0.39, 0.29) is 5.92 Å². The maximum absolute atomic E-state index is 12.8. The van der Waals surface area contributed by atoms with Crippen LogP contribution in [-0.2, 0) is 4.79 Å². The standard InChI is InChI=1S/C10H9BrFNO2/c11-7-3-6(12)4-13-9(7)8(10(14)15)5-1-2-5/h3-5,8H,1-2H2,(H,14,15). The monoisotopic (exact) mass is 273 g/mol. The van der Waals surface area contributed by atoms with E-state index in [0.717, 1.165) is 19.0 Å². The molecule has 1 aliphatic rings. The first-order valence-electron chi connectivity index (χ1n) is 4.63. The minimum atomic E-state index is -0.891. The number of aliphatic carboxylic acids is 1. The van der Waals surface area contributed by atoms with Crippen LogP contribution in [0.4, 0.5) is 4.39 Å². The number of halogens is 2. The van der Waals surface area contributed by atoms with Crippen LogP contribution in [0.1, 0.15) is 24.5 Å². The molecule has 0 amide bonds. The molecule has 0 aliphatic heterocycles. The second-order valence-corrected chi connectivity index (χ2v) is 4.53. The van der Waals surface area contributed by atoms with Crippen LogP contribution >= 0.6 is 15.9 Å². The lowest BCUT2D eigenvalue weighted by Gasteiger charge is -2.11. The van der Waals surface area contributed by atoms with Crippen molar-refractivity contribution in [1.29, 1.82) is 0 Å². The third kappa shape index (κ3) is 2.17. The lowest BCUT2D eigenvalue weighted by Crippen LogP contribution is -2.15. The highest BCUT2D eigenvalue weighted by Crippen LogP contribution is 2.43. The molecule has 5 heteroatoms. The average Bonchev–Trinajstić information content (AvgIpc) is 2.92. The number of carboxylic acid groups (broad SMARTS) is 1. The third-order valence-electron chi connectivity index (χ3n) is 2.49. The maximum atomic E-state index is 12.8. The first-order valence-corrected chi connectivity index (χ1v) is 5.42. The van der Waals surface area contributed by atoms with Gasteiger partial charge in [-0.1, -0.05) is 0 Å². The van der Waals surface area contributed by atoms with Crippen LogP contribution < -0.4 is 0 Å². The van der Waals surface area contributed by atoms with E-state index in [2.05, 4.69) is 20.9 Å². The van der Waals surface area contributed by atoms with E-state index >= 15 is 0 Å². The van der Waals surface area contributed by atoms with Crippen LogP contribution in [0.3, 0.4) is 0 Å². The summed E-state index contributed by atoms with van der Waals surface area (Å²) in [6, 6.07) is 1.25. The highest BCUT2D eigenvalue weighted by atomic mass is 79.9. The number of hydrogen-bond acceptors (Lipinski definition) is 2. The molecular weight excluding hydrogens is 265 g/mol. The van der Waals surface area contributed by atoms with Crippen molar-refractivity contribution >= 4 is 21.9 Å². The van der Waals surface area contributed by atoms with Gasteiger partial charge in [0.05, 0.1) is 11.9 Å². The third-order valence-corrected chi connectivity index (χ3v) is 3.13. The number of carbonyl (C=O) groups is 1. The fraction of sp³-hybridized carbons (Fsp3) is 0.400. The van der Waals surface area contributed by atoms with Gasteiger partial charge in [0.2, 0.25) is 0 Å². The predicted octanol–water partition coefficient (Wildman–Crippen LogP) is 2.56. The van der Waals surface area contributed by atoms with Crippen molar-refractivity contribution in [2.24, 2.45) is 5.92 Å². The van der Waals surface area contributed by atoms with E-state index in [1.54, 1.807) is 0 Å². The number of nitrogens with zero attached hydrogens (tertiary/aromatic N) is 1. The van der Waals surface area contributed by atoms with Gasteiger partial charge in [0.1, 0.15) is 11.7 Å². The molecule has 15 heavy (non-hydrogen) atoms. The van der Waals surface area contributed by atoms with Crippen LogP contribution in [0, 0.1) is 11.7 Å². The molecule has 80 valence electrons. The number of rotatable bonds is 3. The summed E-state index contributed by atoms with van der Waals surface area (Å²) in [7, 11) is 0. The summed E-state index contributed by atoms with van der Waals surface area (Å²) in [6.07, 6.45) is 2.86. The SMILES string of the molecule is O=C(O)C(c1ncc(F)cc1Br)C1CC1. The number of pyridine rings is 1. The maximum Gasteiger partial charge on any atom is 0.312 e. The Labute approximate surface area is 94.5 Å². The number of aromatic nitrogens is 1. The van der Waals surface area contributed by atoms with E-state index in [9.17, 15) is 9.18 Å². The molecule has 2 rings (SSSR count). The van der Waals surface area contributed by atoms with Crippen LogP contribution in [-0.4, -0.2) is 16.1 Å². The number of hydrogen-bond donors (Lipinski definition) is 1. The van der Waals surface area contributed by atoms with E-state index in [1.165, 1.54) is 6.07 Å². The summed E-state index contributed by atoms with van der Waals surface area (Å²) in [5.41, 5.74) is 0.423. The molecule has 1 aromatic rings. The van der Waals surface area contributed by atoms with Gasteiger partial charge in [-0.2, -0.15) is 0 Å². The molecule has 1 aliphatic carbocycles. The molecule has 1 unspecified atom stereocenters. The van der Waals surface area contributed by atoms with Crippen LogP contribution in [0.15, 0.2) is 16.7 Å². The lowest BCUT2D eigenvalue weighted by molar-refractivity contribution is -0.139. The Hall–Kier alpha value is -0.970. The summed E-state index contributed by atoms with van der Waals surface area (Å²) in [5, 5.41) is 9.08. The van der Waals surface area contributed by atoms with Crippen molar-refractivity contribution in [1.82, 2.24) is 4.98 Å². The second kappa shape index (κ2) is 3.89. The summed E-state index contributed by atoms with van der Waals surface area (Å²) < 4.78 is 13.2. The van der Waals surface area contributed by atoms with E-state index in [0.29, 0.717) is 10.2 Å². The van der Waals surface area contributed by atoms with Gasteiger partial charge in [-0.15, -0.1) is 0 Å². The largest absolute Gasteiger partial charge is 0.481 e. The Balaban J connectivity index is 2.37. The minimum absolute atomic E-state index is 0.150. The molecule has 0 aromatic carbocycles. The smallest absolute Gasteiger partial charge is 0.312 e. The lowest BCUT2D eigenvalue weighted by atomic mass is 9.99. The normalized spacial score (nSPS) is 17.5. The highest BCUT2D eigenvalue weighted by Gasteiger charge is 2.39. The molecule has 1 N–H and O–H groups in total. The van der Waals surface area contributed by atoms with E-state index in [1.807, 2.05) is 0 Å². The summed E-state index contributed by atoms with van der Waals surface area (Å²) in [5.74, 6) is -1.82. The van der Waals surface area contributed by atoms with Crippen molar-refractivity contribution < 1.29 is 14.3 Å². The quantitative estimate of drug-likeness (QED) is 0.921. The highest BCUT2D eigenvalue weighted by molar-refractivity contribution is 9.10. The Morgan fingerprint density at radius 3 is 2.80 bits per heavy atom. The summed E-state index contributed by atoms with van der Waals surface area (Å²) in [4.78, 5) is 14.9. The zero-order chi connectivity index (χ0) is 11.0. The Morgan fingerprint density at radius 1 is 1.67 bits per heavy atom. The molecule has 1 atom stereocenters. The topological polar surface area (TPSA) is 50.2 Å². The van der Waals surface area contributed by atoms with Gasteiger partial charge in [-0.25, -0.2) is 4.39 Å². The zero-order valence-electron chi connectivity index (χ0n) is 7.78. The minimum Gasteiger partial charge on any atom is -0.481 e. The van der Waals surface area contributed by atoms with Gasteiger partial charge in [0.15, 0.2) is 0 Å². The fourth-order valence-corrected chi connectivity index (χ4v) is 2.19.